The zero-order valence-corrected chi connectivity index (χ0v) is 17.5. The molecule has 4 rings (SSSR count). The second-order valence-electron chi connectivity index (χ2n) is 8.38. The Morgan fingerprint density at radius 2 is 1.76 bits per heavy atom. The Hall–Kier alpha value is -2.67. The van der Waals surface area contributed by atoms with E-state index < -0.39 is 0 Å². The lowest BCUT2D eigenvalue weighted by molar-refractivity contribution is 0.0658. The van der Waals surface area contributed by atoms with Crippen molar-refractivity contribution in [2.45, 2.75) is 43.7 Å². The lowest BCUT2D eigenvalue weighted by atomic mass is 9.69. The predicted molar refractivity (Wildman–Crippen MR) is 115 cm³/mol. The number of nitrogens with zero attached hydrogens (tertiary/aromatic N) is 4. The smallest absolute Gasteiger partial charge is 0.322 e. The van der Waals surface area contributed by atoms with Gasteiger partial charge in [-0.1, -0.05) is 30.3 Å². The van der Waals surface area contributed by atoms with Crippen LogP contribution in [0.5, 0.6) is 0 Å². The number of carbonyl (C=O) groups excluding carboxylic acids is 1. The van der Waals surface area contributed by atoms with E-state index in [-0.39, 0.29) is 17.1 Å². The highest BCUT2D eigenvalue weighted by Gasteiger charge is 2.50. The SMILES string of the molecule is CCNc1ncc(N2C[C@]3(CC[C@](c4ccccc4)(N(C)C)CC3)NC2=O)cn1. The van der Waals surface area contributed by atoms with Gasteiger partial charge in [0.1, 0.15) is 0 Å². The number of rotatable bonds is 5. The van der Waals surface area contributed by atoms with E-state index in [1.807, 2.05) is 6.92 Å². The predicted octanol–water partition coefficient (Wildman–Crippen LogP) is 3.21. The number of hydrogen-bond acceptors (Lipinski definition) is 5. The minimum absolute atomic E-state index is 0.0151. The number of amides is 2. The van der Waals surface area contributed by atoms with E-state index >= 15 is 0 Å². The van der Waals surface area contributed by atoms with Crippen molar-refractivity contribution in [2.24, 2.45) is 0 Å². The molecule has 2 aliphatic rings. The first-order valence-corrected chi connectivity index (χ1v) is 10.4. The normalized spacial score (nSPS) is 26.8. The van der Waals surface area contributed by atoms with Gasteiger partial charge in [-0.2, -0.15) is 0 Å². The third-order valence-corrected chi connectivity index (χ3v) is 6.56. The van der Waals surface area contributed by atoms with Crippen molar-refractivity contribution < 1.29 is 4.79 Å². The van der Waals surface area contributed by atoms with E-state index in [4.69, 9.17) is 0 Å². The molecule has 154 valence electrons. The molecule has 1 spiro atoms. The van der Waals surface area contributed by atoms with Gasteiger partial charge >= 0.3 is 6.03 Å². The molecule has 2 aromatic rings. The third-order valence-electron chi connectivity index (χ3n) is 6.56. The Labute approximate surface area is 172 Å². The van der Waals surface area contributed by atoms with E-state index in [1.54, 1.807) is 17.3 Å². The molecule has 1 aromatic heterocycles. The van der Waals surface area contributed by atoms with Crippen molar-refractivity contribution in [1.29, 1.82) is 0 Å². The summed E-state index contributed by atoms with van der Waals surface area (Å²) in [5, 5.41) is 6.37. The Balaban J connectivity index is 1.50. The molecule has 1 aliphatic heterocycles. The van der Waals surface area contributed by atoms with Crippen LogP contribution in [0.2, 0.25) is 0 Å². The molecule has 1 saturated carbocycles. The Morgan fingerprint density at radius 3 is 2.34 bits per heavy atom. The van der Waals surface area contributed by atoms with Crippen LogP contribution in [0.25, 0.3) is 0 Å². The maximum atomic E-state index is 12.8. The van der Waals surface area contributed by atoms with Crippen LogP contribution in [-0.4, -0.2) is 53.6 Å². The first-order chi connectivity index (χ1) is 14.0. The van der Waals surface area contributed by atoms with Gasteiger partial charge in [0.15, 0.2) is 0 Å². The number of aromatic nitrogens is 2. The minimum Gasteiger partial charge on any atom is -0.355 e. The van der Waals surface area contributed by atoms with E-state index in [2.05, 4.69) is 69.9 Å². The third kappa shape index (κ3) is 3.55. The number of anilines is 2. The van der Waals surface area contributed by atoms with Gasteiger partial charge in [0.25, 0.3) is 0 Å². The van der Waals surface area contributed by atoms with Crippen LogP contribution in [0.4, 0.5) is 16.4 Å². The van der Waals surface area contributed by atoms with Crippen molar-refractivity contribution in [2.75, 3.05) is 37.4 Å². The number of hydrogen-bond donors (Lipinski definition) is 2. The minimum atomic E-state index is -0.189. The summed E-state index contributed by atoms with van der Waals surface area (Å²) in [6.45, 7) is 3.43. The maximum Gasteiger partial charge on any atom is 0.322 e. The standard InChI is InChI=1S/C22H30N6O/c1-4-23-19-24-14-18(15-25-19)28-16-21(26-20(28)29)10-12-22(13-11-21,27(2)3)17-8-6-5-7-9-17/h5-9,14-15H,4,10-13,16H2,1-3H3,(H,26,29)(H,23,24,25)/t21-,22+. The fourth-order valence-electron chi connectivity index (χ4n) is 4.79. The number of benzene rings is 1. The quantitative estimate of drug-likeness (QED) is 0.815. The maximum absolute atomic E-state index is 12.8. The average molecular weight is 395 g/mol. The summed E-state index contributed by atoms with van der Waals surface area (Å²) in [4.78, 5) is 25.5. The molecule has 29 heavy (non-hydrogen) atoms. The van der Waals surface area contributed by atoms with Crippen LogP contribution >= 0.6 is 0 Å². The van der Waals surface area contributed by atoms with Crippen LogP contribution in [0.3, 0.4) is 0 Å². The monoisotopic (exact) mass is 394 g/mol. The first-order valence-electron chi connectivity index (χ1n) is 10.4. The van der Waals surface area contributed by atoms with Crippen molar-refractivity contribution in [1.82, 2.24) is 20.2 Å². The van der Waals surface area contributed by atoms with Crippen molar-refractivity contribution in [3.63, 3.8) is 0 Å². The Kier molecular flexibility index (Phi) is 5.17. The molecular formula is C22H30N6O. The van der Waals surface area contributed by atoms with E-state index in [0.717, 1.165) is 37.9 Å². The highest BCUT2D eigenvalue weighted by Crippen LogP contribution is 2.46. The fraction of sp³-hybridized carbons (Fsp3) is 0.500. The Bertz CT molecular complexity index is 843. The molecule has 7 heteroatoms. The molecule has 2 heterocycles. The number of urea groups is 1. The summed E-state index contributed by atoms with van der Waals surface area (Å²) in [7, 11) is 4.32. The lowest BCUT2D eigenvalue weighted by Gasteiger charge is -2.48. The van der Waals surface area contributed by atoms with Crippen LogP contribution in [-0.2, 0) is 5.54 Å². The molecule has 1 saturated heterocycles. The fourth-order valence-corrected chi connectivity index (χ4v) is 4.79. The van der Waals surface area contributed by atoms with Gasteiger partial charge in [0, 0.05) is 12.1 Å². The lowest BCUT2D eigenvalue weighted by Crippen LogP contribution is -2.54. The van der Waals surface area contributed by atoms with Gasteiger partial charge in [-0.05, 0) is 52.3 Å². The van der Waals surface area contributed by atoms with Crippen LogP contribution in [0.15, 0.2) is 42.7 Å². The van der Waals surface area contributed by atoms with Crippen LogP contribution in [0.1, 0.15) is 38.2 Å². The first kappa shape index (κ1) is 19.6. The van der Waals surface area contributed by atoms with E-state index in [9.17, 15) is 4.79 Å². The van der Waals surface area contributed by atoms with Gasteiger partial charge in [-0.3, -0.25) is 9.80 Å². The summed E-state index contributed by atoms with van der Waals surface area (Å²) in [5.41, 5.74) is 1.93. The summed E-state index contributed by atoms with van der Waals surface area (Å²) in [5.74, 6) is 0.585. The summed E-state index contributed by atoms with van der Waals surface area (Å²) >= 11 is 0. The van der Waals surface area contributed by atoms with Gasteiger partial charge in [0.2, 0.25) is 5.95 Å². The van der Waals surface area contributed by atoms with E-state index in [1.165, 1.54) is 5.56 Å². The highest BCUT2D eigenvalue weighted by atomic mass is 16.2. The summed E-state index contributed by atoms with van der Waals surface area (Å²) in [6, 6.07) is 10.7. The molecular weight excluding hydrogens is 364 g/mol. The summed E-state index contributed by atoms with van der Waals surface area (Å²) < 4.78 is 0. The van der Waals surface area contributed by atoms with Gasteiger partial charge in [0.05, 0.1) is 30.2 Å². The highest BCUT2D eigenvalue weighted by molar-refractivity contribution is 5.95. The summed E-state index contributed by atoms with van der Waals surface area (Å²) in [6.07, 6.45) is 7.35. The zero-order valence-electron chi connectivity index (χ0n) is 17.5. The molecule has 1 aliphatic carbocycles. The number of nitrogens with one attached hydrogen (secondary N) is 2. The zero-order chi connectivity index (χ0) is 20.5. The second-order valence-corrected chi connectivity index (χ2v) is 8.38. The molecule has 0 bridgehead atoms. The van der Waals surface area contributed by atoms with Crippen LogP contribution in [0, 0.1) is 0 Å². The molecule has 0 radical (unpaired) electrons. The largest absolute Gasteiger partial charge is 0.355 e. The molecule has 1 aromatic carbocycles. The van der Waals surface area contributed by atoms with Crippen molar-refractivity contribution in [3.8, 4) is 0 Å². The van der Waals surface area contributed by atoms with E-state index in [0.29, 0.717) is 12.5 Å². The van der Waals surface area contributed by atoms with Gasteiger partial charge in [-0.15, -0.1) is 0 Å². The van der Waals surface area contributed by atoms with Crippen molar-refractivity contribution in [3.05, 3.63) is 48.3 Å². The molecule has 2 N–H and O–H groups in total. The molecule has 0 unspecified atom stereocenters. The van der Waals surface area contributed by atoms with Crippen molar-refractivity contribution >= 4 is 17.7 Å². The van der Waals surface area contributed by atoms with Crippen LogP contribution < -0.4 is 15.5 Å². The Morgan fingerprint density at radius 1 is 1.10 bits per heavy atom. The topological polar surface area (TPSA) is 73.4 Å². The molecule has 2 amide bonds. The number of carbonyl (C=O) groups is 1. The average Bonchev–Trinajstić information content (AvgIpc) is 3.06. The van der Waals surface area contributed by atoms with Gasteiger partial charge < -0.3 is 10.6 Å². The van der Waals surface area contributed by atoms with Gasteiger partial charge in [-0.25, -0.2) is 14.8 Å². The molecule has 2 fully saturated rings. The molecule has 0 atom stereocenters. The second kappa shape index (κ2) is 7.63. The molecule has 7 nitrogen and oxygen atoms in total.